The average molecular weight is 172 g/mol. The summed E-state index contributed by atoms with van der Waals surface area (Å²) in [7, 11) is 0. The van der Waals surface area contributed by atoms with Gasteiger partial charge in [-0.2, -0.15) is 0 Å². The van der Waals surface area contributed by atoms with Gasteiger partial charge in [-0.05, 0) is 37.2 Å². The van der Waals surface area contributed by atoms with Crippen molar-refractivity contribution in [3.8, 4) is 0 Å². The van der Waals surface area contributed by atoms with Crippen LogP contribution in [0.3, 0.4) is 0 Å². The van der Waals surface area contributed by atoms with Crippen LogP contribution in [0.4, 0.5) is 0 Å². The van der Waals surface area contributed by atoms with Gasteiger partial charge in [-0.1, -0.05) is 42.5 Å². The van der Waals surface area contributed by atoms with Crippen LogP contribution in [-0.2, 0) is 6.42 Å². The molecule has 0 heteroatoms. The molecule has 0 saturated heterocycles. The van der Waals surface area contributed by atoms with Crippen LogP contribution in [0.5, 0.6) is 0 Å². The highest BCUT2D eigenvalue weighted by molar-refractivity contribution is 5.15. The van der Waals surface area contributed by atoms with Gasteiger partial charge in [-0.25, -0.2) is 0 Å². The molecular formula is C13H16. The molecule has 2 rings (SSSR count). The summed E-state index contributed by atoms with van der Waals surface area (Å²) < 4.78 is 0. The zero-order valence-electron chi connectivity index (χ0n) is 7.95. The molecule has 0 N–H and O–H groups in total. The van der Waals surface area contributed by atoms with E-state index in [1.165, 1.54) is 31.2 Å². The first-order chi connectivity index (χ1) is 6.45. The first kappa shape index (κ1) is 8.55. The Morgan fingerprint density at radius 1 is 1.15 bits per heavy atom. The molecule has 0 spiro atoms. The molecule has 68 valence electrons. The highest BCUT2D eigenvalue weighted by Crippen LogP contribution is 2.21. The molecular weight excluding hydrogens is 156 g/mol. The monoisotopic (exact) mass is 172 g/mol. The van der Waals surface area contributed by atoms with Crippen molar-refractivity contribution < 1.29 is 0 Å². The fraction of sp³-hybridized carbons (Fsp3) is 0.385. The maximum Gasteiger partial charge on any atom is -0.0227 e. The maximum absolute atomic E-state index is 2.38. The Morgan fingerprint density at radius 2 is 2.00 bits per heavy atom. The second-order valence-electron chi connectivity index (χ2n) is 3.79. The predicted molar refractivity (Wildman–Crippen MR) is 56.6 cm³/mol. The van der Waals surface area contributed by atoms with E-state index in [1.54, 1.807) is 0 Å². The van der Waals surface area contributed by atoms with Gasteiger partial charge in [0.15, 0.2) is 0 Å². The maximum atomic E-state index is 2.38. The molecule has 1 atom stereocenters. The summed E-state index contributed by atoms with van der Waals surface area (Å²) in [6.07, 6.45) is 9.90. The quantitative estimate of drug-likeness (QED) is 0.611. The number of allylic oxidation sites excluding steroid dienone is 2. The summed E-state index contributed by atoms with van der Waals surface area (Å²) in [5.41, 5.74) is 1.47. The topological polar surface area (TPSA) is 0 Å². The average Bonchev–Trinajstić information content (AvgIpc) is 2.69. The van der Waals surface area contributed by atoms with E-state index < -0.39 is 0 Å². The van der Waals surface area contributed by atoms with Crippen LogP contribution in [0.2, 0.25) is 0 Å². The third kappa shape index (κ3) is 2.45. The Morgan fingerprint density at radius 3 is 2.69 bits per heavy atom. The highest BCUT2D eigenvalue weighted by atomic mass is 14.1. The molecule has 0 amide bonds. The summed E-state index contributed by atoms with van der Waals surface area (Å²) in [6.45, 7) is 0. The fourth-order valence-corrected chi connectivity index (χ4v) is 1.93. The van der Waals surface area contributed by atoms with Gasteiger partial charge in [-0.3, -0.25) is 0 Å². The van der Waals surface area contributed by atoms with Crippen LogP contribution in [0.15, 0.2) is 42.5 Å². The van der Waals surface area contributed by atoms with Crippen LogP contribution >= 0.6 is 0 Å². The van der Waals surface area contributed by atoms with Crippen molar-refractivity contribution >= 4 is 0 Å². The van der Waals surface area contributed by atoms with E-state index in [2.05, 4.69) is 42.5 Å². The number of benzene rings is 1. The van der Waals surface area contributed by atoms with E-state index in [1.807, 2.05) is 0 Å². The molecule has 0 radical (unpaired) electrons. The zero-order chi connectivity index (χ0) is 8.93. The summed E-state index contributed by atoms with van der Waals surface area (Å²) in [4.78, 5) is 0. The molecule has 0 aliphatic heterocycles. The molecule has 13 heavy (non-hydrogen) atoms. The summed E-state index contributed by atoms with van der Waals surface area (Å²) in [5.74, 6) is 0.847. The van der Waals surface area contributed by atoms with Crippen molar-refractivity contribution in [2.24, 2.45) is 5.92 Å². The molecule has 0 aromatic heterocycles. The predicted octanol–water partition coefficient (Wildman–Crippen LogP) is 3.59. The fourth-order valence-electron chi connectivity index (χ4n) is 1.93. The number of hydrogen-bond acceptors (Lipinski definition) is 0. The lowest BCUT2D eigenvalue weighted by Gasteiger charge is -2.06. The SMILES string of the molecule is C1=C[C@@H](CCc2ccccc2)CC1. The van der Waals surface area contributed by atoms with Crippen molar-refractivity contribution in [1.29, 1.82) is 0 Å². The molecule has 0 nitrogen and oxygen atoms in total. The Balaban J connectivity index is 1.82. The minimum atomic E-state index is 0.847. The van der Waals surface area contributed by atoms with Crippen molar-refractivity contribution in [2.45, 2.75) is 25.7 Å². The van der Waals surface area contributed by atoms with Crippen LogP contribution in [0.1, 0.15) is 24.8 Å². The molecule has 1 aliphatic carbocycles. The van der Waals surface area contributed by atoms with Crippen LogP contribution in [0.25, 0.3) is 0 Å². The van der Waals surface area contributed by atoms with Crippen LogP contribution in [-0.4, -0.2) is 0 Å². The summed E-state index contributed by atoms with van der Waals surface area (Å²) >= 11 is 0. The van der Waals surface area contributed by atoms with E-state index in [9.17, 15) is 0 Å². The minimum absolute atomic E-state index is 0.847. The highest BCUT2D eigenvalue weighted by Gasteiger charge is 2.08. The smallest absolute Gasteiger partial charge is 0.0227 e. The van der Waals surface area contributed by atoms with Gasteiger partial charge in [0.1, 0.15) is 0 Å². The second kappa shape index (κ2) is 4.27. The first-order valence-electron chi connectivity index (χ1n) is 5.16. The Bertz CT molecular complexity index is 271. The molecule has 0 bridgehead atoms. The Hall–Kier alpha value is -1.04. The van der Waals surface area contributed by atoms with Gasteiger partial charge in [-0.15, -0.1) is 0 Å². The lowest BCUT2D eigenvalue weighted by Crippen LogP contribution is -1.94. The minimum Gasteiger partial charge on any atom is -0.0882 e. The standard InChI is InChI=1S/C13H16/c1-2-6-12(7-3-1)10-11-13-8-4-5-9-13/h1-4,6-8,13H,5,9-11H2/t13-/m1/s1. The summed E-state index contributed by atoms with van der Waals surface area (Å²) in [6, 6.07) is 10.8. The van der Waals surface area contributed by atoms with E-state index >= 15 is 0 Å². The number of rotatable bonds is 3. The van der Waals surface area contributed by atoms with E-state index in [0.717, 1.165) is 5.92 Å². The van der Waals surface area contributed by atoms with Crippen LogP contribution < -0.4 is 0 Å². The van der Waals surface area contributed by atoms with Gasteiger partial charge in [0.25, 0.3) is 0 Å². The van der Waals surface area contributed by atoms with Gasteiger partial charge in [0, 0.05) is 0 Å². The Labute approximate surface area is 80.3 Å². The number of aryl methyl sites for hydroxylation is 1. The third-order valence-corrected chi connectivity index (χ3v) is 2.76. The molecule has 0 heterocycles. The van der Waals surface area contributed by atoms with Crippen molar-refractivity contribution in [3.05, 3.63) is 48.0 Å². The van der Waals surface area contributed by atoms with Gasteiger partial charge in [0.2, 0.25) is 0 Å². The Kier molecular flexibility index (Phi) is 2.81. The van der Waals surface area contributed by atoms with Crippen molar-refractivity contribution in [3.63, 3.8) is 0 Å². The van der Waals surface area contributed by atoms with Gasteiger partial charge < -0.3 is 0 Å². The van der Waals surface area contributed by atoms with Gasteiger partial charge in [0.05, 0.1) is 0 Å². The third-order valence-electron chi connectivity index (χ3n) is 2.76. The molecule has 0 unspecified atom stereocenters. The van der Waals surface area contributed by atoms with Crippen molar-refractivity contribution in [2.75, 3.05) is 0 Å². The second-order valence-corrected chi connectivity index (χ2v) is 3.79. The first-order valence-corrected chi connectivity index (χ1v) is 5.16. The summed E-state index contributed by atoms with van der Waals surface area (Å²) in [5, 5.41) is 0. The van der Waals surface area contributed by atoms with E-state index in [-0.39, 0.29) is 0 Å². The lowest BCUT2D eigenvalue weighted by atomic mass is 9.99. The number of hydrogen-bond donors (Lipinski definition) is 0. The zero-order valence-corrected chi connectivity index (χ0v) is 7.95. The van der Waals surface area contributed by atoms with E-state index in [0.29, 0.717) is 0 Å². The van der Waals surface area contributed by atoms with Crippen LogP contribution in [0, 0.1) is 5.92 Å². The van der Waals surface area contributed by atoms with Crippen molar-refractivity contribution in [1.82, 2.24) is 0 Å². The largest absolute Gasteiger partial charge is 0.0882 e. The molecule has 1 aromatic rings. The molecule has 1 aromatic carbocycles. The molecule has 0 saturated carbocycles. The normalized spacial score (nSPS) is 20.8. The molecule has 0 fully saturated rings. The van der Waals surface area contributed by atoms with E-state index in [4.69, 9.17) is 0 Å². The van der Waals surface area contributed by atoms with Gasteiger partial charge >= 0.3 is 0 Å². The lowest BCUT2D eigenvalue weighted by molar-refractivity contribution is 0.578. The molecule has 1 aliphatic rings.